The van der Waals surface area contributed by atoms with Crippen molar-refractivity contribution < 1.29 is 86.9 Å². The first-order valence-electron chi connectivity index (χ1n) is 17.5. The second-order valence-corrected chi connectivity index (χ2v) is 14.8. The van der Waals surface area contributed by atoms with Crippen LogP contribution in [0.1, 0.15) is 114 Å². The summed E-state index contributed by atoms with van der Waals surface area (Å²) in [5, 5.41) is 40.8. The molecule has 4 unspecified atom stereocenters. The quantitative estimate of drug-likeness (QED) is 0.0236. The maximum absolute atomic E-state index is 12.8. The molecule has 7 N–H and O–H groups in total. The summed E-state index contributed by atoms with van der Waals surface area (Å²) in [5.41, 5.74) is 0. The maximum Gasteiger partial charge on any atom is 0.472 e. The first-order chi connectivity index (χ1) is 25.1. The van der Waals surface area contributed by atoms with Gasteiger partial charge in [0.25, 0.3) is 0 Å². The van der Waals surface area contributed by atoms with Gasteiger partial charge in [-0.15, -0.1) is 0 Å². The van der Waals surface area contributed by atoms with Gasteiger partial charge in [0, 0.05) is 22.3 Å². The molecule has 0 aromatic rings. The van der Waals surface area contributed by atoms with E-state index in [0.29, 0.717) is 6.42 Å². The van der Waals surface area contributed by atoms with Crippen LogP contribution in [0.25, 0.3) is 0 Å². The summed E-state index contributed by atoms with van der Waals surface area (Å²) in [5.74, 6) is 16.9. The van der Waals surface area contributed by atoms with E-state index in [1.54, 1.807) is 6.92 Å². The van der Waals surface area contributed by atoms with Crippen molar-refractivity contribution in [3.05, 3.63) is 0 Å². The van der Waals surface area contributed by atoms with Crippen LogP contribution in [0.15, 0.2) is 0 Å². The molecular weight excluding hydrogens is 770 g/mol. The zero-order valence-electron chi connectivity index (χ0n) is 30.6. The first-order valence-corrected chi connectivity index (χ1v) is 20.5. The van der Waals surface area contributed by atoms with Gasteiger partial charge in [-0.2, -0.15) is 13.5 Å². The van der Waals surface area contributed by atoms with Crippen LogP contribution >= 0.6 is 29.1 Å². The maximum atomic E-state index is 12.8. The number of carbonyl (C=O) groups is 2. The molecule has 54 heavy (non-hydrogen) atoms. The summed E-state index contributed by atoms with van der Waals surface area (Å²) in [7, 11) is -10.7. The van der Waals surface area contributed by atoms with Crippen LogP contribution in [0.5, 0.6) is 0 Å². The first kappa shape index (κ1) is 51.6. The Bertz CT molecular complexity index is 1510. The van der Waals surface area contributed by atoms with Gasteiger partial charge in [-0.25, -0.2) is 13.9 Å². The molecule has 320 valence electrons. The smallest absolute Gasteiger partial charge is 0.456 e. The molecule has 0 saturated heterocycles. The topological polar surface area (TPSA) is 256 Å². The van der Waals surface area contributed by atoms with E-state index in [0.717, 1.165) is 32.1 Å². The van der Waals surface area contributed by atoms with Crippen molar-refractivity contribution in [2.24, 2.45) is 0 Å². The molecule has 0 amide bonds. The summed E-state index contributed by atoms with van der Waals surface area (Å²) in [6.45, 7) is 2.15. The number of unbranched alkanes of at least 4 members (excludes halogenated alkanes) is 12. The third kappa shape index (κ3) is 23.5. The van der Waals surface area contributed by atoms with Gasteiger partial charge in [-0.1, -0.05) is 89.9 Å². The summed E-state index contributed by atoms with van der Waals surface area (Å²) in [6.07, 6.45) is -0.866. The number of rotatable bonds is 24. The van der Waals surface area contributed by atoms with E-state index >= 15 is 0 Å². The number of phosphoric acid groups is 2. The number of phosphoric ester groups is 2. The molecule has 1 aliphatic rings. The van der Waals surface area contributed by atoms with Crippen molar-refractivity contribution in [1.29, 1.82) is 0 Å². The highest BCUT2D eigenvalue weighted by atomic mass is 32.1. The van der Waals surface area contributed by atoms with E-state index in [1.807, 2.05) is 0 Å². The van der Waals surface area contributed by atoms with E-state index in [4.69, 9.17) is 28.3 Å². The number of hydrogen-bond donors (Lipinski definition) is 7. The fraction of sp³-hybridized carbons (Fsp3) is 0.714. The van der Waals surface area contributed by atoms with E-state index in [1.165, 1.54) is 44.9 Å². The van der Waals surface area contributed by atoms with Crippen molar-refractivity contribution in [2.45, 2.75) is 146 Å². The lowest BCUT2D eigenvalue weighted by atomic mass is 9.85. The molecule has 0 radical (unpaired) electrons. The fourth-order valence-electron chi connectivity index (χ4n) is 5.07. The normalized spacial score (nSPS) is 22.1. The summed E-state index contributed by atoms with van der Waals surface area (Å²) >= 11 is 0. The SMILES string of the molecule is CC#CC#CC#CC#CC(=O)OC[C@H](COP(=O)(O)OC1C(O)[C@H](O)[C@H](O)C(OP(=O)(O)O)[C@@H]1O)OC(=O)CCCCCCCCCCCCCCC.S.[HH].[HH].[HH].[HH].[HH].[HH].[HH]. The van der Waals surface area contributed by atoms with Gasteiger partial charge in [0.15, 0.2) is 6.10 Å². The second-order valence-electron chi connectivity index (χ2n) is 12.2. The molecule has 1 rings (SSSR count). The van der Waals surface area contributed by atoms with Gasteiger partial charge in [0.05, 0.1) is 6.61 Å². The number of esters is 2. The van der Waals surface area contributed by atoms with E-state index in [2.05, 4.69) is 58.8 Å². The Hall–Kier alpha value is -2.41. The molecule has 1 aliphatic carbocycles. The highest BCUT2D eigenvalue weighted by molar-refractivity contribution is 7.59. The Balaban J connectivity index is -0.000000585. The molecule has 0 heterocycles. The Kier molecular flexibility index (Phi) is 27.6. The fourth-order valence-corrected chi connectivity index (χ4v) is 6.61. The van der Waals surface area contributed by atoms with Gasteiger partial charge in [-0.05, 0) is 48.9 Å². The minimum Gasteiger partial charge on any atom is -0.456 e. The predicted octanol–water partition coefficient (Wildman–Crippen LogP) is 4.23. The van der Waals surface area contributed by atoms with Crippen molar-refractivity contribution in [3.63, 3.8) is 0 Å². The zero-order chi connectivity index (χ0) is 39.7. The van der Waals surface area contributed by atoms with E-state index < -0.39 is 83.5 Å². The average molecular weight is 839 g/mol. The molecule has 0 spiro atoms. The molecule has 16 nitrogen and oxygen atoms in total. The lowest BCUT2D eigenvalue weighted by Crippen LogP contribution is -2.64. The lowest BCUT2D eigenvalue weighted by molar-refractivity contribution is -0.216. The molecule has 1 fully saturated rings. The largest absolute Gasteiger partial charge is 0.472 e. The Morgan fingerprint density at radius 2 is 1.15 bits per heavy atom. The molecule has 0 bridgehead atoms. The highest BCUT2D eigenvalue weighted by Gasteiger charge is 2.54. The third-order valence-electron chi connectivity index (χ3n) is 7.77. The standard InChI is InChI=1S/C35H52O16P2.H2S.7H2/c1-3-5-7-9-11-12-13-14-15-16-18-20-22-24-29(37)49-27(25-47-28(36)23-21-19-17-10-8-6-4-2)26-48-53(45,46)51-35-32(40)30(38)31(39)34(33(35)41)50-52(42,43)44;;;;;;;;/h27,30-35,38-41H,3,5,7,9,11-16,18,20,22,24-26H2,1-2H3,(H,45,46)(H2,42,43,44);1H2;7*1H/t27-,30-,31+,32?,33+,34?,35?;;;;;;;;/m1......../s1. The third-order valence-corrected chi connectivity index (χ3v) is 9.27. The van der Waals surface area contributed by atoms with Gasteiger partial charge < -0.3 is 44.6 Å². The predicted molar refractivity (Wildman–Crippen MR) is 215 cm³/mol. The van der Waals surface area contributed by atoms with Gasteiger partial charge in [-0.3, -0.25) is 18.4 Å². The minimum absolute atomic E-state index is 0. The van der Waals surface area contributed by atoms with E-state index in [-0.39, 0.29) is 29.9 Å². The minimum atomic E-state index is -5.38. The molecular formula is C35H68O16P2S. The number of aliphatic hydroxyl groups excluding tert-OH is 4. The Morgan fingerprint density at radius 1 is 0.667 bits per heavy atom. The number of carbonyl (C=O) groups excluding carboxylic acids is 2. The molecule has 8 atom stereocenters. The Labute approximate surface area is 334 Å². The van der Waals surface area contributed by atoms with E-state index in [9.17, 15) is 44.0 Å². The molecule has 1 saturated carbocycles. The van der Waals surface area contributed by atoms with Gasteiger partial charge in [0.1, 0.15) is 43.2 Å². The molecule has 0 aromatic carbocycles. The number of hydrogen-bond acceptors (Lipinski definition) is 13. The van der Waals surface area contributed by atoms with Crippen molar-refractivity contribution >= 4 is 41.1 Å². The van der Waals surface area contributed by atoms with Gasteiger partial charge >= 0.3 is 27.6 Å². The van der Waals surface area contributed by atoms with Crippen molar-refractivity contribution in [2.75, 3.05) is 13.2 Å². The van der Waals surface area contributed by atoms with Crippen LogP contribution in [0.2, 0.25) is 0 Å². The Morgan fingerprint density at radius 3 is 1.67 bits per heavy atom. The summed E-state index contributed by atoms with van der Waals surface area (Å²) in [4.78, 5) is 53.2. The van der Waals surface area contributed by atoms with Crippen molar-refractivity contribution in [3.8, 4) is 47.4 Å². The van der Waals surface area contributed by atoms with Crippen LogP contribution < -0.4 is 0 Å². The monoisotopic (exact) mass is 838 g/mol. The summed E-state index contributed by atoms with van der Waals surface area (Å²) in [6, 6.07) is 0. The zero-order valence-corrected chi connectivity index (χ0v) is 33.3. The van der Waals surface area contributed by atoms with Crippen LogP contribution in [0, 0.1) is 47.4 Å². The van der Waals surface area contributed by atoms with Crippen LogP contribution in [-0.2, 0) is 41.8 Å². The number of aliphatic hydroxyl groups is 4. The van der Waals surface area contributed by atoms with Crippen LogP contribution in [0.4, 0.5) is 0 Å². The van der Waals surface area contributed by atoms with Crippen LogP contribution in [-0.4, -0.2) is 103 Å². The lowest BCUT2D eigenvalue weighted by Gasteiger charge is -2.43. The molecule has 19 heteroatoms. The molecule has 0 aliphatic heterocycles. The second kappa shape index (κ2) is 28.9. The number of ether oxygens (including phenoxy) is 2. The summed E-state index contributed by atoms with van der Waals surface area (Å²) < 4.78 is 48.3. The van der Waals surface area contributed by atoms with Gasteiger partial charge in [0.2, 0.25) is 0 Å². The molecule has 0 aromatic heterocycles. The van der Waals surface area contributed by atoms with Crippen molar-refractivity contribution in [1.82, 2.24) is 0 Å². The highest BCUT2D eigenvalue weighted by Crippen LogP contribution is 2.49. The average Bonchev–Trinajstić information content (AvgIpc) is 3.10. The van der Waals surface area contributed by atoms with Crippen LogP contribution in [0.3, 0.4) is 0 Å².